The van der Waals surface area contributed by atoms with Crippen molar-refractivity contribution in [1.82, 2.24) is 5.32 Å². The molecule has 4 atom stereocenters. The van der Waals surface area contributed by atoms with Gasteiger partial charge in [0.1, 0.15) is 11.5 Å². The number of carboxylic acid groups (broad SMARTS) is 1. The molecular formula is C12H17NO5. The first-order valence-corrected chi connectivity index (χ1v) is 5.84. The number of hydrogen-bond acceptors (Lipinski definition) is 4. The first-order valence-electron chi connectivity index (χ1n) is 5.84. The maximum Gasteiger partial charge on any atom is 0.407 e. The smallest absolute Gasteiger partial charge is 0.407 e. The highest BCUT2D eigenvalue weighted by Gasteiger charge is 2.50. The zero-order valence-electron chi connectivity index (χ0n) is 10.5. The molecule has 2 bridgehead atoms. The molecule has 18 heavy (non-hydrogen) atoms. The van der Waals surface area contributed by atoms with Crippen LogP contribution in [0, 0.1) is 5.92 Å². The summed E-state index contributed by atoms with van der Waals surface area (Å²) in [4.78, 5) is 22.8. The highest BCUT2D eigenvalue weighted by molar-refractivity contribution is 5.76. The summed E-state index contributed by atoms with van der Waals surface area (Å²) in [5.74, 6) is -1.74. The molecule has 0 aromatic heterocycles. The summed E-state index contributed by atoms with van der Waals surface area (Å²) in [6, 6.07) is -0.577. The number of aliphatic carboxylic acids is 1. The molecule has 6 heteroatoms. The number of ether oxygens (including phenoxy) is 2. The van der Waals surface area contributed by atoms with Crippen LogP contribution in [0.3, 0.4) is 0 Å². The summed E-state index contributed by atoms with van der Waals surface area (Å²) in [6.07, 6.45) is 2.02. The van der Waals surface area contributed by atoms with Crippen LogP contribution in [-0.4, -0.2) is 41.0 Å². The molecule has 2 rings (SSSR count). The second-order valence-electron chi connectivity index (χ2n) is 5.49. The van der Waals surface area contributed by atoms with Crippen LogP contribution in [0.4, 0.5) is 4.79 Å². The summed E-state index contributed by atoms with van der Waals surface area (Å²) >= 11 is 0. The lowest BCUT2D eigenvalue weighted by atomic mass is 9.89. The third-order valence-electron chi connectivity index (χ3n) is 2.87. The molecule has 0 saturated carbocycles. The fraction of sp³-hybridized carbons (Fsp3) is 0.667. The Morgan fingerprint density at radius 1 is 1.28 bits per heavy atom. The van der Waals surface area contributed by atoms with Gasteiger partial charge in [-0.2, -0.15) is 0 Å². The number of carbonyl (C=O) groups is 2. The quantitative estimate of drug-likeness (QED) is 0.717. The van der Waals surface area contributed by atoms with Gasteiger partial charge >= 0.3 is 12.1 Å². The fourth-order valence-electron chi connectivity index (χ4n) is 2.22. The van der Waals surface area contributed by atoms with E-state index in [1.165, 1.54) is 0 Å². The molecule has 2 aliphatic rings. The average molecular weight is 255 g/mol. The number of hydrogen-bond donors (Lipinski definition) is 2. The maximum absolute atomic E-state index is 11.7. The lowest BCUT2D eigenvalue weighted by Gasteiger charge is -2.25. The van der Waals surface area contributed by atoms with E-state index in [0.29, 0.717) is 0 Å². The molecule has 0 aliphatic carbocycles. The van der Waals surface area contributed by atoms with Gasteiger partial charge in [-0.1, -0.05) is 12.2 Å². The molecular weight excluding hydrogens is 238 g/mol. The third kappa shape index (κ3) is 2.48. The average Bonchev–Trinajstić information content (AvgIpc) is 2.73. The Labute approximate surface area is 105 Å². The van der Waals surface area contributed by atoms with Gasteiger partial charge in [-0.25, -0.2) is 4.79 Å². The minimum Gasteiger partial charge on any atom is -0.481 e. The van der Waals surface area contributed by atoms with E-state index in [-0.39, 0.29) is 6.10 Å². The second-order valence-corrected chi connectivity index (χ2v) is 5.49. The lowest BCUT2D eigenvalue weighted by Crippen LogP contribution is -2.49. The highest BCUT2D eigenvalue weighted by atomic mass is 16.6. The van der Waals surface area contributed by atoms with E-state index in [0.717, 1.165) is 0 Å². The normalized spacial score (nSPS) is 33.5. The molecule has 0 aromatic rings. The molecule has 2 aliphatic heterocycles. The van der Waals surface area contributed by atoms with Gasteiger partial charge in [0.2, 0.25) is 0 Å². The zero-order chi connectivity index (χ0) is 13.5. The van der Waals surface area contributed by atoms with Crippen molar-refractivity contribution in [2.75, 3.05) is 0 Å². The Hall–Kier alpha value is -1.56. The first-order chi connectivity index (χ1) is 8.28. The molecule has 100 valence electrons. The zero-order valence-corrected chi connectivity index (χ0v) is 10.5. The van der Waals surface area contributed by atoms with Crippen molar-refractivity contribution in [3.05, 3.63) is 12.2 Å². The minimum absolute atomic E-state index is 0.386. The standard InChI is InChI=1S/C12H17NO5/c1-12(2,3)18-11(16)13-9-7-5-4-6(17-7)8(9)10(14)15/h4-9H,1-3H3,(H,13,16)(H,14,15)/t6-,7-,8-,9+/m1/s1. The number of carbonyl (C=O) groups excluding carboxylic acids is 1. The van der Waals surface area contributed by atoms with Crippen LogP contribution >= 0.6 is 0 Å². The lowest BCUT2D eigenvalue weighted by molar-refractivity contribution is -0.143. The van der Waals surface area contributed by atoms with Gasteiger partial charge in [-0.3, -0.25) is 4.79 Å². The van der Waals surface area contributed by atoms with Crippen LogP contribution in [-0.2, 0) is 14.3 Å². The summed E-state index contributed by atoms with van der Waals surface area (Å²) in [7, 11) is 0. The van der Waals surface area contributed by atoms with Gasteiger partial charge < -0.3 is 19.9 Å². The van der Waals surface area contributed by atoms with Crippen LogP contribution < -0.4 is 5.32 Å². The number of fused-ring (bicyclic) bond motifs is 2. The Balaban J connectivity index is 2.02. The van der Waals surface area contributed by atoms with Gasteiger partial charge in [0.15, 0.2) is 0 Å². The van der Waals surface area contributed by atoms with Crippen molar-refractivity contribution in [3.8, 4) is 0 Å². The van der Waals surface area contributed by atoms with E-state index in [2.05, 4.69) is 5.32 Å². The number of rotatable bonds is 2. The second kappa shape index (κ2) is 4.28. The Morgan fingerprint density at radius 3 is 2.44 bits per heavy atom. The van der Waals surface area contributed by atoms with Crippen LogP contribution in [0.15, 0.2) is 12.2 Å². The summed E-state index contributed by atoms with van der Waals surface area (Å²) in [5, 5.41) is 11.7. The topological polar surface area (TPSA) is 84.9 Å². The molecule has 2 N–H and O–H groups in total. The molecule has 2 heterocycles. The molecule has 1 saturated heterocycles. The molecule has 6 nitrogen and oxygen atoms in total. The summed E-state index contributed by atoms with van der Waals surface area (Å²) in [6.45, 7) is 5.25. The van der Waals surface area contributed by atoms with E-state index >= 15 is 0 Å². The molecule has 0 aromatic carbocycles. The van der Waals surface area contributed by atoms with Crippen LogP contribution in [0.1, 0.15) is 20.8 Å². The van der Waals surface area contributed by atoms with E-state index in [1.54, 1.807) is 32.9 Å². The Morgan fingerprint density at radius 2 is 1.89 bits per heavy atom. The molecule has 0 radical (unpaired) electrons. The predicted octanol–water partition coefficient (Wildman–Crippen LogP) is 0.918. The molecule has 1 amide bonds. The van der Waals surface area contributed by atoms with E-state index in [1.807, 2.05) is 0 Å². The maximum atomic E-state index is 11.7. The minimum atomic E-state index is -0.979. The monoisotopic (exact) mass is 255 g/mol. The van der Waals surface area contributed by atoms with Crippen LogP contribution in [0.2, 0.25) is 0 Å². The number of amides is 1. The molecule has 0 unspecified atom stereocenters. The third-order valence-corrected chi connectivity index (χ3v) is 2.87. The molecule has 1 fully saturated rings. The van der Waals surface area contributed by atoms with Crippen molar-refractivity contribution < 1.29 is 24.2 Å². The van der Waals surface area contributed by atoms with Crippen molar-refractivity contribution >= 4 is 12.1 Å². The first kappa shape index (κ1) is 12.9. The predicted molar refractivity (Wildman–Crippen MR) is 62.1 cm³/mol. The van der Waals surface area contributed by atoms with Crippen molar-refractivity contribution in [2.45, 2.75) is 44.6 Å². The van der Waals surface area contributed by atoms with E-state index in [9.17, 15) is 9.59 Å². The van der Waals surface area contributed by atoms with Gasteiger partial charge in [-0.05, 0) is 20.8 Å². The van der Waals surface area contributed by atoms with Gasteiger partial charge in [-0.15, -0.1) is 0 Å². The number of carboxylic acids is 1. The van der Waals surface area contributed by atoms with Crippen molar-refractivity contribution in [1.29, 1.82) is 0 Å². The Kier molecular flexibility index (Phi) is 3.06. The Bertz CT molecular complexity index is 398. The molecule has 0 spiro atoms. The highest BCUT2D eigenvalue weighted by Crippen LogP contribution is 2.34. The fourth-order valence-corrected chi connectivity index (χ4v) is 2.22. The van der Waals surface area contributed by atoms with Gasteiger partial charge in [0.05, 0.1) is 18.2 Å². The van der Waals surface area contributed by atoms with Gasteiger partial charge in [0, 0.05) is 0 Å². The van der Waals surface area contributed by atoms with Crippen molar-refractivity contribution in [3.63, 3.8) is 0 Å². The number of alkyl carbamates (subject to hydrolysis) is 1. The van der Waals surface area contributed by atoms with E-state index < -0.39 is 35.7 Å². The summed E-state index contributed by atoms with van der Waals surface area (Å²) in [5.41, 5.74) is -0.614. The van der Waals surface area contributed by atoms with Crippen LogP contribution in [0.5, 0.6) is 0 Å². The van der Waals surface area contributed by atoms with Crippen molar-refractivity contribution in [2.24, 2.45) is 5.92 Å². The van der Waals surface area contributed by atoms with E-state index in [4.69, 9.17) is 14.6 Å². The largest absolute Gasteiger partial charge is 0.481 e. The summed E-state index contributed by atoms with van der Waals surface area (Å²) < 4.78 is 10.5. The van der Waals surface area contributed by atoms with Gasteiger partial charge in [0.25, 0.3) is 0 Å². The van der Waals surface area contributed by atoms with Crippen LogP contribution in [0.25, 0.3) is 0 Å². The number of nitrogens with one attached hydrogen (secondary N) is 1. The SMILES string of the molecule is CC(C)(C)OC(=O)N[C@@H]1[C@H](C(=O)O)[C@H]2C=C[C@H]1O2.